The van der Waals surface area contributed by atoms with Crippen molar-refractivity contribution in [3.63, 3.8) is 0 Å². The molecular weight excluding hydrogens is 408 g/mol. The second-order valence-electron chi connectivity index (χ2n) is 7.40. The molecule has 0 bridgehead atoms. The lowest BCUT2D eigenvalue weighted by molar-refractivity contribution is -0.118. The van der Waals surface area contributed by atoms with Gasteiger partial charge in [-0.1, -0.05) is 47.2 Å². The van der Waals surface area contributed by atoms with Gasteiger partial charge in [-0.3, -0.25) is 9.69 Å². The number of imidazole rings is 1. The van der Waals surface area contributed by atoms with Crippen molar-refractivity contribution in [2.75, 3.05) is 18.1 Å². The summed E-state index contributed by atoms with van der Waals surface area (Å²) in [5.74, 6) is 0.806. The van der Waals surface area contributed by atoms with Gasteiger partial charge in [0, 0.05) is 25.5 Å². The Morgan fingerprint density at radius 1 is 1.23 bits per heavy atom. The molecule has 2 heterocycles. The van der Waals surface area contributed by atoms with Crippen LogP contribution in [0.4, 0.5) is 5.13 Å². The summed E-state index contributed by atoms with van der Waals surface area (Å²) in [6, 6.07) is 14.0. The highest BCUT2D eigenvalue weighted by Crippen LogP contribution is 2.34. The van der Waals surface area contributed by atoms with E-state index in [2.05, 4.69) is 11.1 Å². The molecule has 0 atom stereocenters. The maximum absolute atomic E-state index is 13.3. The Hall–Kier alpha value is -3.19. The maximum atomic E-state index is 13.3. The molecule has 0 fully saturated rings. The van der Waals surface area contributed by atoms with Crippen LogP contribution >= 0.6 is 11.3 Å². The monoisotopic (exact) mass is 434 g/mol. The van der Waals surface area contributed by atoms with Crippen LogP contribution in [0.5, 0.6) is 5.75 Å². The number of aryl methyl sites for hydroxylation is 2. The fourth-order valence-electron chi connectivity index (χ4n) is 3.55. The molecule has 6 nitrogen and oxygen atoms in total. The van der Waals surface area contributed by atoms with Crippen molar-refractivity contribution in [3.8, 4) is 5.75 Å². The molecule has 2 aromatic heterocycles. The molecule has 4 rings (SSSR count). The lowest BCUT2D eigenvalue weighted by Crippen LogP contribution is -2.33. The molecule has 2 aromatic carbocycles. The van der Waals surface area contributed by atoms with Crippen LogP contribution in [0.25, 0.3) is 10.2 Å². The van der Waals surface area contributed by atoms with Gasteiger partial charge < -0.3 is 9.30 Å². The number of hydrogen-bond acceptors (Lipinski definition) is 5. The Labute approximate surface area is 186 Å². The van der Waals surface area contributed by atoms with Gasteiger partial charge in [0.2, 0.25) is 5.91 Å². The highest BCUT2D eigenvalue weighted by atomic mass is 32.1. The minimum Gasteiger partial charge on any atom is -0.492 e. The van der Waals surface area contributed by atoms with Crippen LogP contribution in [-0.4, -0.2) is 33.6 Å². The van der Waals surface area contributed by atoms with Crippen molar-refractivity contribution in [3.05, 3.63) is 72.3 Å². The normalized spacial score (nSPS) is 11.0. The van der Waals surface area contributed by atoms with Gasteiger partial charge in [-0.25, -0.2) is 9.97 Å². The number of para-hydroxylation sites is 1. The largest absolute Gasteiger partial charge is 0.492 e. The predicted molar refractivity (Wildman–Crippen MR) is 125 cm³/mol. The molecule has 0 N–H and O–H groups in total. The molecule has 0 saturated carbocycles. The molecule has 0 saturated heterocycles. The number of thiazole rings is 1. The van der Waals surface area contributed by atoms with Gasteiger partial charge in [-0.05, 0) is 38.0 Å². The van der Waals surface area contributed by atoms with Crippen LogP contribution in [0.15, 0.2) is 61.2 Å². The molecule has 7 heteroatoms. The van der Waals surface area contributed by atoms with Crippen molar-refractivity contribution < 1.29 is 9.53 Å². The van der Waals surface area contributed by atoms with Gasteiger partial charge in [0.05, 0.1) is 24.1 Å². The lowest BCUT2D eigenvalue weighted by atomic mass is 10.1. The Morgan fingerprint density at radius 3 is 2.87 bits per heavy atom. The minimum atomic E-state index is 0.0493. The first-order valence-electron chi connectivity index (χ1n) is 10.5. The quantitative estimate of drug-likeness (QED) is 0.377. The summed E-state index contributed by atoms with van der Waals surface area (Å²) < 4.78 is 8.78. The van der Waals surface area contributed by atoms with Crippen LogP contribution in [0, 0.1) is 6.92 Å². The number of benzene rings is 2. The molecule has 0 unspecified atom stereocenters. The summed E-state index contributed by atoms with van der Waals surface area (Å²) >= 11 is 1.53. The molecule has 0 radical (unpaired) electrons. The topological polar surface area (TPSA) is 60.2 Å². The van der Waals surface area contributed by atoms with Crippen LogP contribution < -0.4 is 9.64 Å². The number of nitrogens with zero attached hydrogens (tertiary/aromatic N) is 4. The van der Waals surface area contributed by atoms with E-state index in [1.807, 2.05) is 65.9 Å². The molecule has 4 aromatic rings. The first kappa shape index (κ1) is 21.1. The van der Waals surface area contributed by atoms with E-state index in [1.165, 1.54) is 11.3 Å². The number of rotatable bonds is 9. The number of fused-ring (bicyclic) bond motifs is 1. The lowest BCUT2D eigenvalue weighted by Gasteiger charge is -2.20. The molecule has 1 amide bonds. The fraction of sp³-hybridized carbons (Fsp3) is 0.292. The van der Waals surface area contributed by atoms with E-state index in [9.17, 15) is 4.79 Å². The van der Waals surface area contributed by atoms with E-state index in [1.54, 1.807) is 12.5 Å². The smallest absolute Gasteiger partial charge is 0.233 e. The van der Waals surface area contributed by atoms with Crippen LogP contribution in [-0.2, 0) is 17.8 Å². The fourth-order valence-corrected chi connectivity index (χ4v) is 4.58. The van der Waals surface area contributed by atoms with Gasteiger partial charge in [-0.2, -0.15) is 0 Å². The van der Waals surface area contributed by atoms with Crippen molar-refractivity contribution in [1.29, 1.82) is 0 Å². The van der Waals surface area contributed by atoms with Crippen molar-refractivity contribution >= 4 is 32.6 Å². The number of carbonyl (C=O) groups is 1. The number of ether oxygens (including phenoxy) is 1. The zero-order valence-electron chi connectivity index (χ0n) is 17.8. The average molecular weight is 435 g/mol. The zero-order chi connectivity index (χ0) is 21.6. The molecular formula is C24H26N4O2S. The van der Waals surface area contributed by atoms with Gasteiger partial charge in [0.25, 0.3) is 0 Å². The summed E-state index contributed by atoms with van der Waals surface area (Å²) in [7, 11) is 0. The molecule has 31 heavy (non-hydrogen) atoms. The standard InChI is InChI=1S/C24H26N4O2S/c1-3-30-20-9-5-10-21-23(20)26-24(31-21)28(13-6-12-27-14-11-25-17-27)22(29)16-19-8-4-7-18(2)15-19/h4-5,7-11,14-15,17H,3,6,12-13,16H2,1-2H3. The third kappa shape index (κ3) is 5.11. The first-order chi connectivity index (χ1) is 15.1. The minimum absolute atomic E-state index is 0.0493. The summed E-state index contributed by atoms with van der Waals surface area (Å²) in [5, 5.41) is 0.713. The first-order valence-corrected chi connectivity index (χ1v) is 11.3. The Morgan fingerprint density at radius 2 is 2.10 bits per heavy atom. The van der Waals surface area contributed by atoms with E-state index in [-0.39, 0.29) is 5.91 Å². The maximum Gasteiger partial charge on any atom is 0.233 e. The highest BCUT2D eigenvalue weighted by Gasteiger charge is 2.21. The number of hydrogen-bond donors (Lipinski definition) is 0. The molecule has 0 aliphatic rings. The SMILES string of the molecule is CCOc1cccc2sc(N(CCCn3ccnc3)C(=O)Cc3cccc(C)c3)nc12. The van der Waals surface area contributed by atoms with E-state index >= 15 is 0 Å². The van der Waals surface area contributed by atoms with Crippen LogP contribution in [0.1, 0.15) is 24.5 Å². The predicted octanol–water partition coefficient (Wildman–Crippen LogP) is 4.87. The average Bonchev–Trinajstić information content (AvgIpc) is 3.41. The number of anilines is 1. The Balaban J connectivity index is 1.60. The van der Waals surface area contributed by atoms with Gasteiger partial charge in [0.15, 0.2) is 5.13 Å². The van der Waals surface area contributed by atoms with Gasteiger partial charge >= 0.3 is 0 Å². The molecule has 160 valence electrons. The Kier molecular flexibility index (Phi) is 6.62. The highest BCUT2D eigenvalue weighted by molar-refractivity contribution is 7.22. The van der Waals surface area contributed by atoms with E-state index in [4.69, 9.17) is 9.72 Å². The summed E-state index contributed by atoms with van der Waals surface area (Å²) in [4.78, 5) is 24.1. The Bertz CT molecular complexity index is 1150. The van der Waals surface area contributed by atoms with E-state index < -0.39 is 0 Å². The van der Waals surface area contributed by atoms with Crippen molar-refractivity contribution in [1.82, 2.24) is 14.5 Å². The van der Waals surface area contributed by atoms with Gasteiger partial charge in [-0.15, -0.1) is 0 Å². The second-order valence-corrected chi connectivity index (χ2v) is 8.41. The van der Waals surface area contributed by atoms with Crippen LogP contribution in [0.3, 0.4) is 0 Å². The number of aromatic nitrogens is 3. The number of amides is 1. The summed E-state index contributed by atoms with van der Waals surface area (Å²) in [6.45, 7) is 5.96. The number of carbonyl (C=O) groups excluding carboxylic acids is 1. The zero-order valence-corrected chi connectivity index (χ0v) is 18.6. The summed E-state index contributed by atoms with van der Waals surface area (Å²) in [6.07, 6.45) is 6.66. The third-order valence-electron chi connectivity index (χ3n) is 5.00. The van der Waals surface area contributed by atoms with Crippen molar-refractivity contribution in [2.45, 2.75) is 33.2 Å². The van der Waals surface area contributed by atoms with E-state index in [0.29, 0.717) is 24.7 Å². The van der Waals surface area contributed by atoms with Crippen LogP contribution in [0.2, 0.25) is 0 Å². The second kappa shape index (κ2) is 9.75. The third-order valence-corrected chi connectivity index (χ3v) is 6.04. The molecule has 0 spiro atoms. The van der Waals surface area contributed by atoms with Crippen molar-refractivity contribution in [2.24, 2.45) is 0 Å². The molecule has 0 aliphatic heterocycles. The summed E-state index contributed by atoms with van der Waals surface area (Å²) in [5.41, 5.74) is 2.98. The van der Waals surface area contributed by atoms with E-state index in [0.717, 1.165) is 40.1 Å². The van der Waals surface area contributed by atoms with Gasteiger partial charge in [0.1, 0.15) is 11.3 Å². The molecule has 0 aliphatic carbocycles.